The monoisotopic (exact) mass is 392 g/mol. The highest BCUT2D eigenvalue weighted by atomic mass is 16.5. The SMILES string of the molecule is Cc1ccc(OCC(=O)NN=Cc2cccc(OC(=O)c3ccco3)c2)cc1C. The summed E-state index contributed by atoms with van der Waals surface area (Å²) in [6.45, 7) is 3.83. The van der Waals surface area contributed by atoms with E-state index in [1.807, 2.05) is 32.0 Å². The number of rotatable bonds is 7. The Balaban J connectivity index is 1.50. The maximum absolute atomic E-state index is 11.9. The summed E-state index contributed by atoms with van der Waals surface area (Å²) in [7, 11) is 0. The average Bonchev–Trinajstić information content (AvgIpc) is 3.24. The first-order valence-corrected chi connectivity index (χ1v) is 8.89. The minimum absolute atomic E-state index is 0.111. The number of nitrogens with zero attached hydrogens (tertiary/aromatic N) is 1. The van der Waals surface area contributed by atoms with Gasteiger partial charge in [-0.25, -0.2) is 10.2 Å². The topological polar surface area (TPSA) is 90.1 Å². The average molecular weight is 392 g/mol. The van der Waals surface area contributed by atoms with Gasteiger partial charge < -0.3 is 13.9 Å². The molecule has 0 fully saturated rings. The number of esters is 1. The molecule has 3 aromatic rings. The number of hydrogen-bond donors (Lipinski definition) is 1. The van der Waals surface area contributed by atoms with E-state index in [9.17, 15) is 9.59 Å². The van der Waals surface area contributed by atoms with Gasteiger partial charge in [-0.15, -0.1) is 0 Å². The van der Waals surface area contributed by atoms with Crippen molar-refractivity contribution in [1.29, 1.82) is 0 Å². The maximum Gasteiger partial charge on any atom is 0.379 e. The van der Waals surface area contributed by atoms with E-state index >= 15 is 0 Å². The first-order chi connectivity index (χ1) is 14.0. The Hall–Kier alpha value is -3.87. The third-order valence-corrected chi connectivity index (χ3v) is 4.04. The highest BCUT2D eigenvalue weighted by molar-refractivity contribution is 5.88. The number of furan rings is 1. The molecule has 0 spiro atoms. The highest BCUT2D eigenvalue weighted by Gasteiger charge is 2.11. The molecule has 3 rings (SSSR count). The van der Waals surface area contributed by atoms with Crippen molar-refractivity contribution in [2.75, 3.05) is 6.61 Å². The van der Waals surface area contributed by atoms with Crippen LogP contribution < -0.4 is 14.9 Å². The number of carbonyl (C=O) groups excluding carboxylic acids is 2. The van der Waals surface area contributed by atoms with Gasteiger partial charge in [-0.2, -0.15) is 5.10 Å². The van der Waals surface area contributed by atoms with Crippen molar-refractivity contribution < 1.29 is 23.5 Å². The molecule has 1 aromatic heterocycles. The normalized spacial score (nSPS) is 10.7. The summed E-state index contributed by atoms with van der Waals surface area (Å²) in [6.07, 6.45) is 2.84. The van der Waals surface area contributed by atoms with Crippen LogP contribution in [-0.4, -0.2) is 24.7 Å². The van der Waals surface area contributed by atoms with E-state index in [0.717, 1.165) is 11.1 Å². The summed E-state index contributed by atoms with van der Waals surface area (Å²) in [5.41, 5.74) is 5.28. The minimum Gasteiger partial charge on any atom is -0.484 e. The van der Waals surface area contributed by atoms with Crippen LogP contribution in [-0.2, 0) is 4.79 Å². The molecular formula is C22H20N2O5. The third-order valence-electron chi connectivity index (χ3n) is 4.04. The van der Waals surface area contributed by atoms with Crippen LogP contribution >= 0.6 is 0 Å². The Kier molecular flexibility index (Phi) is 6.42. The molecule has 0 aliphatic carbocycles. The quantitative estimate of drug-likeness (QED) is 0.287. The van der Waals surface area contributed by atoms with E-state index in [2.05, 4.69) is 10.5 Å². The van der Waals surface area contributed by atoms with Gasteiger partial charge in [0.25, 0.3) is 5.91 Å². The molecule has 29 heavy (non-hydrogen) atoms. The molecule has 148 valence electrons. The first-order valence-electron chi connectivity index (χ1n) is 8.89. The molecule has 7 heteroatoms. The Morgan fingerprint density at radius 1 is 1.03 bits per heavy atom. The number of aryl methyl sites for hydroxylation is 2. The fourth-order valence-electron chi connectivity index (χ4n) is 2.37. The standard InChI is InChI=1S/C22H20N2O5/c1-15-8-9-18(11-16(15)2)28-14-21(25)24-23-13-17-5-3-6-19(12-17)29-22(26)20-7-4-10-27-20/h3-13H,14H2,1-2H3,(H,24,25). The second-order valence-electron chi connectivity index (χ2n) is 6.27. The highest BCUT2D eigenvalue weighted by Crippen LogP contribution is 2.16. The summed E-state index contributed by atoms with van der Waals surface area (Å²) in [4.78, 5) is 23.8. The van der Waals surface area contributed by atoms with Crippen molar-refractivity contribution in [2.45, 2.75) is 13.8 Å². The van der Waals surface area contributed by atoms with Gasteiger partial charge in [0.1, 0.15) is 11.5 Å². The summed E-state index contributed by atoms with van der Waals surface area (Å²) < 4.78 is 15.7. The van der Waals surface area contributed by atoms with Crippen molar-refractivity contribution >= 4 is 18.1 Å². The lowest BCUT2D eigenvalue weighted by Gasteiger charge is -2.07. The van der Waals surface area contributed by atoms with Gasteiger partial charge in [0.15, 0.2) is 6.61 Å². The molecular weight excluding hydrogens is 372 g/mol. The van der Waals surface area contributed by atoms with Gasteiger partial charge in [-0.05, 0) is 66.9 Å². The third kappa shape index (κ3) is 5.80. The number of hydrogen-bond acceptors (Lipinski definition) is 6. The summed E-state index contributed by atoms with van der Waals surface area (Å²) in [5, 5.41) is 3.89. The molecule has 2 aromatic carbocycles. The fraction of sp³-hybridized carbons (Fsp3) is 0.136. The Bertz CT molecular complexity index is 1030. The lowest BCUT2D eigenvalue weighted by atomic mass is 10.1. The smallest absolute Gasteiger partial charge is 0.379 e. The van der Waals surface area contributed by atoms with Crippen LogP contribution in [0.4, 0.5) is 0 Å². The molecule has 0 saturated heterocycles. The number of ether oxygens (including phenoxy) is 2. The molecule has 1 amide bonds. The molecule has 0 radical (unpaired) electrons. The van der Waals surface area contributed by atoms with Gasteiger partial charge >= 0.3 is 5.97 Å². The van der Waals surface area contributed by atoms with E-state index in [0.29, 0.717) is 17.1 Å². The minimum atomic E-state index is -0.596. The number of benzene rings is 2. The molecule has 0 aliphatic rings. The molecule has 7 nitrogen and oxygen atoms in total. The summed E-state index contributed by atoms with van der Waals surface area (Å²) in [6, 6.07) is 15.5. The first kappa shape index (κ1) is 19.9. The number of carbonyl (C=O) groups is 2. The predicted molar refractivity (Wildman–Crippen MR) is 107 cm³/mol. The molecule has 0 unspecified atom stereocenters. The van der Waals surface area contributed by atoms with Crippen molar-refractivity contribution in [3.63, 3.8) is 0 Å². The zero-order chi connectivity index (χ0) is 20.6. The van der Waals surface area contributed by atoms with Crippen molar-refractivity contribution in [3.8, 4) is 11.5 Å². The second kappa shape index (κ2) is 9.36. The van der Waals surface area contributed by atoms with Gasteiger partial charge in [-0.3, -0.25) is 4.79 Å². The number of hydrazone groups is 1. The fourth-order valence-corrected chi connectivity index (χ4v) is 2.37. The zero-order valence-corrected chi connectivity index (χ0v) is 16.0. The Morgan fingerprint density at radius 3 is 2.66 bits per heavy atom. The number of amides is 1. The van der Waals surface area contributed by atoms with Crippen LogP contribution in [0.3, 0.4) is 0 Å². The molecule has 0 bridgehead atoms. The lowest BCUT2D eigenvalue weighted by molar-refractivity contribution is -0.123. The largest absolute Gasteiger partial charge is 0.484 e. The lowest BCUT2D eigenvalue weighted by Crippen LogP contribution is -2.24. The van der Waals surface area contributed by atoms with Crippen LogP contribution in [0.25, 0.3) is 0 Å². The van der Waals surface area contributed by atoms with Crippen LogP contribution in [0, 0.1) is 13.8 Å². The van der Waals surface area contributed by atoms with E-state index in [4.69, 9.17) is 13.9 Å². The van der Waals surface area contributed by atoms with Gasteiger partial charge in [-0.1, -0.05) is 18.2 Å². The van der Waals surface area contributed by atoms with Crippen LogP contribution in [0.1, 0.15) is 27.2 Å². The van der Waals surface area contributed by atoms with Crippen molar-refractivity contribution in [2.24, 2.45) is 5.10 Å². The summed E-state index contributed by atoms with van der Waals surface area (Å²) >= 11 is 0. The molecule has 1 heterocycles. The van der Waals surface area contributed by atoms with Crippen molar-refractivity contribution in [3.05, 3.63) is 83.3 Å². The van der Waals surface area contributed by atoms with E-state index < -0.39 is 5.97 Å². The van der Waals surface area contributed by atoms with Gasteiger partial charge in [0, 0.05) is 0 Å². The van der Waals surface area contributed by atoms with E-state index in [1.54, 1.807) is 30.3 Å². The Labute approximate surface area is 167 Å². The molecule has 0 aliphatic heterocycles. The molecule has 0 saturated carbocycles. The zero-order valence-electron chi connectivity index (χ0n) is 16.0. The van der Waals surface area contributed by atoms with Crippen LogP contribution in [0.2, 0.25) is 0 Å². The maximum atomic E-state index is 11.9. The van der Waals surface area contributed by atoms with Crippen LogP contribution in [0.5, 0.6) is 11.5 Å². The van der Waals surface area contributed by atoms with Crippen LogP contribution in [0.15, 0.2) is 70.4 Å². The Morgan fingerprint density at radius 2 is 1.90 bits per heavy atom. The van der Waals surface area contributed by atoms with Crippen molar-refractivity contribution in [1.82, 2.24) is 5.43 Å². The summed E-state index contributed by atoms with van der Waals surface area (Å²) in [5.74, 6) is 0.0823. The van der Waals surface area contributed by atoms with Gasteiger partial charge in [0.2, 0.25) is 5.76 Å². The second-order valence-corrected chi connectivity index (χ2v) is 6.27. The molecule has 0 atom stereocenters. The van der Waals surface area contributed by atoms with E-state index in [1.165, 1.54) is 18.5 Å². The predicted octanol–water partition coefficient (Wildman–Crippen LogP) is 3.64. The van der Waals surface area contributed by atoms with E-state index in [-0.39, 0.29) is 18.3 Å². The molecule has 1 N–H and O–H groups in total. The van der Waals surface area contributed by atoms with Gasteiger partial charge in [0.05, 0.1) is 12.5 Å². The number of nitrogens with one attached hydrogen (secondary N) is 1.